The van der Waals surface area contributed by atoms with Crippen molar-refractivity contribution in [1.29, 1.82) is 0 Å². The van der Waals surface area contributed by atoms with Crippen molar-refractivity contribution in [2.45, 2.75) is 12.6 Å². The molecule has 0 radical (unpaired) electrons. The van der Waals surface area contributed by atoms with E-state index in [0.717, 1.165) is 42.9 Å². The highest BCUT2D eigenvalue weighted by molar-refractivity contribution is 9.11. The number of benzene rings is 1. The molecule has 0 spiro atoms. The molecule has 0 aromatic heterocycles. The van der Waals surface area contributed by atoms with Crippen molar-refractivity contribution >= 4 is 33.3 Å². The lowest BCUT2D eigenvalue weighted by molar-refractivity contribution is -0.115. The van der Waals surface area contributed by atoms with E-state index in [4.69, 9.17) is 0 Å². The molecular formula is C21H24BrN5O. The first-order chi connectivity index (χ1) is 13.6. The van der Waals surface area contributed by atoms with E-state index in [2.05, 4.69) is 72.6 Å². The predicted molar refractivity (Wildman–Crippen MR) is 116 cm³/mol. The predicted octanol–water partition coefficient (Wildman–Crippen LogP) is 2.19. The second-order valence-electron chi connectivity index (χ2n) is 7.53. The van der Waals surface area contributed by atoms with E-state index in [-0.39, 0.29) is 17.9 Å². The van der Waals surface area contributed by atoms with Gasteiger partial charge in [-0.05, 0) is 24.8 Å². The Morgan fingerprint density at radius 3 is 2.82 bits per heavy atom. The number of carbonyl (C=O) groups is 1. The maximum absolute atomic E-state index is 12.9. The highest BCUT2D eigenvalue weighted by atomic mass is 79.9. The molecule has 146 valence electrons. The van der Waals surface area contributed by atoms with Gasteiger partial charge in [0.25, 0.3) is 5.91 Å². The lowest BCUT2D eigenvalue weighted by atomic mass is 9.93. The number of rotatable bonds is 4. The number of carbonyl (C=O) groups excluding carboxylic acids is 1. The molecule has 1 N–H and O–H groups in total. The molecule has 1 aliphatic carbocycles. The highest BCUT2D eigenvalue weighted by Crippen LogP contribution is 2.24. The van der Waals surface area contributed by atoms with Crippen LogP contribution >= 0.6 is 15.9 Å². The maximum atomic E-state index is 12.9. The Bertz CT molecular complexity index is 861. The Morgan fingerprint density at radius 1 is 1.18 bits per heavy atom. The van der Waals surface area contributed by atoms with Gasteiger partial charge in [-0.25, -0.2) is 0 Å². The van der Waals surface area contributed by atoms with Crippen LogP contribution in [-0.2, 0) is 11.3 Å². The van der Waals surface area contributed by atoms with Crippen LogP contribution in [0, 0.1) is 5.92 Å². The molecule has 1 aromatic rings. The Labute approximate surface area is 173 Å². The van der Waals surface area contributed by atoms with Crippen molar-refractivity contribution in [2.24, 2.45) is 16.1 Å². The number of allylic oxidation sites excluding steroid dienone is 4. The molecule has 1 aromatic carbocycles. The largest absolute Gasteiger partial charge is 0.346 e. The summed E-state index contributed by atoms with van der Waals surface area (Å²) in [5.41, 5.74) is 2.58. The van der Waals surface area contributed by atoms with Gasteiger partial charge in [-0.15, -0.1) is 5.10 Å². The summed E-state index contributed by atoms with van der Waals surface area (Å²) >= 11 is 3.48. The number of nitrogens with zero attached hydrogens (tertiary/aromatic N) is 4. The molecule has 2 aliphatic heterocycles. The van der Waals surface area contributed by atoms with Gasteiger partial charge in [0.05, 0.1) is 17.7 Å². The van der Waals surface area contributed by atoms with E-state index in [9.17, 15) is 4.79 Å². The Balaban J connectivity index is 1.41. The van der Waals surface area contributed by atoms with Crippen LogP contribution in [0.1, 0.15) is 5.56 Å². The van der Waals surface area contributed by atoms with Gasteiger partial charge in [0, 0.05) is 37.2 Å². The zero-order valence-corrected chi connectivity index (χ0v) is 17.5. The van der Waals surface area contributed by atoms with Crippen molar-refractivity contribution < 1.29 is 4.79 Å². The monoisotopic (exact) mass is 441 g/mol. The average molecular weight is 442 g/mol. The van der Waals surface area contributed by atoms with Crippen molar-refractivity contribution in [3.63, 3.8) is 0 Å². The van der Waals surface area contributed by atoms with Crippen LogP contribution < -0.4 is 5.32 Å². The number of amides is 1. The Hall–Kier alpha value is -2.09. The first kappa shape index (κ1) is 19.2. The van der Waals surface area contributed by atoms with Gasteiger partial charge in [0.15, 0.2) is 0 Å². The average Bonchev–Trinajstić information content (AvgIpc) is 3.01. The van der Waals surface area contributed by atoms with E-state index in [0.29, 0.717) is 5.71 Å². The first-order valence-electron chi connectivity index (χ1n) is 9.55. The molecule has 0 bridgehead atoms. The van der Waals surface area contributed by atoms with E-state index < -0.39 is 0 Å². The fourth-order valence-corrected chi connectivity index (χ4v) is 4.22. The van der Waals surface area contributed by atoms with Crippen molar-refractivity contribution in [1.82, 2.24) is 15.1 Å². The number of likely N-dealkylation sites (N-methyl/N-ethyl adjacent to an activating group) is 1. The third-order valence-corrected chi connectivity index (χ3v) is 5.78. The van der Waals surface area contributed by atoms with Crippen molar-refractivity contribution in [3.8, 4) is 0 Å². The first-order valence-corrected chi connectivity index (χ1v) is 10.3. The minimum absolute atomic E-state index is 0.0435. The van der Waals surface area contributed by atoms with Gasteiger partial charge in [0.1, 0.15) is 5.71 Å². The molecule has 1 fully saturated rings. The number of fused-ring (bicyclic) bond motifs is 1. The fraction of sp³-hybridized carbons (Fsp3) is 0.381. The smallest absolute Gasteiger partial charge is 0.268 e. The Kier molecular flexibility index (Phi) is 5.85. The van der Waals surface area contributed by atoms with Crippen LogP contribution in [0.3, 0.4) is 0 Å². The number of hydrogen-bond donors (Lipinski definition) is 1. The van der Waals surface area contributed by atoms with Crippen LogP contribution in [0.25, 0.3) is 0 Å². The van der Waals surface area contributed by atoms with E-state index in [1.165, 1.54) is 5.56 Å². The molecular weight excluding hydrogens is 418 g/mol. The van der Waals surface area contributed by atoms with Gasteiger partial charge < -0.3 is 10.2 Å². The van der Waals surface area contributed by atoms with E-state index in [1.807, 2.05) is 24.3 Å². The standard InChI is InChI=1S/C21H24BrN5O/c1-26-9-10-27(12-15-5-3-2-4-6-15)14-17(13-26)23-21(28)20-18-11-16(22)7-8-19(18)24-25-20/h2-8,11,17-18H,9-10,12-14H2,1H3,(H,23,28). The molecule has 2 atom stereocenters. The maximum Gasteiger partial charge on any atom is 0.268 e. The molecule has 6 nitrogen and oxygen atoms in total. The normalized spacial score (nSPS) is 25.4. The highest BCUT2D eigenvalue weighted by Gasteiger charge is 2.32. The topological polar surface area (TPSA) is 60.3 Å². The SMILES string of the molecule is CN1CCN(Cc2ccccc2)CC(NC(=O)C2=NN=C3C=CC(Br)=CC32)C1. The molecule has 1 saturated heterocycles. The number of halogens is 1. The number of nitrogens with one attached hydrogen (secondary N) is 1. The van der Waals surface area contributed by atoms with Crippen LogP contribution in [0.2, 0.25) is 0 Å². The van der Waals surface area contributed by atoms with Gasteiger partial charge in [-0.2, -0.15) is 5.10 Å². The summed E-state index contributed by atoms with van der Waals surface area (Å²) in [7, 11) is 2.10. The second-order valence-corrected chi connectivity index (χ2v) is 8.44. The van der Waals surface area contributed by atoms with Crippen LogP contribution in [-0.4, -0.2) is 66.4 Å². The molecule has 7 heteroatoms. The van der Waals surface area contributed by atoms with Crippen LogP contribution in [0.15, 0.2) is 63.2 Å². The third kappa shape index (κ3) is 4.48. The quantitative estimate of drug-likeness (QED) is 0.778. The number of hydrogen-bond acceptors (Lipinski definition) is 5. The Morgan fingerprint density at radius 2 is 2.00 bits per heavy atom. The molecule has 4 rings (SSSR count). The van der Waals surface area contributed by atoms with Crippen LogP contribution in [0.5, 0.6) is 0 Å². The minimum atomic E-state index is -0.164. The summed E-state index contributed by atoms with van der Waals surface area (Å²) in [5, 5.41) is 11.5. The molecule has 0 saturated carbocycles. The van der Waals surface area contributed by atoms with E-state index in [1.54, 1.807) is 0 Å². The molecule has 2 heterocycles. The van der Waals surface area contributed by atoms with Crippen molar-refractivity contribution in [2.75, 3.05) is 33.2 Å². The molecule has 1 amide bonds. The summed E-state index contributed by atoms with van der Waals surface area (Å²) < 4.78 is 0.946. The van der Waals surface area contributed by atoms with E-state index >= 15 is 0 Å². The van der Waals surface area contributed by atoms with Crippen molar-refractivity contribution in [3.05, 3.63) is 58.6 Å². The molecule has 2 unspecified atom stereocenters. The summed E-state index contributed by atoms with van der Waals surface area (Å²) in [6, 6.07) is 10.5. The minimum Gasteiger partial charge on any atom is -0.346 e. The summed E-state index contributed by atoms with van der Waals surface area (Å²) in [4.78, 5) is 17.6. The molecule has 28 heavy (non-hydrogen) atoms. The summed E-state index contributed by atoms with van der Waals surface area (Å²) in [6.45, 7) is 4.49. The van der Waals surface area contributed by atoms with Gasteiger partial charge >= 0.3 is 0 Å². The van der Waals surface area contributed by atoms with Gasteiger partial charge in [-0.3, -0.25) is 9.69 Å². The van der Waals surface area contributed by atoms with Gasteiger partial charge in [-0.1, -0.05) is 52.3 Å². The summed E-state index contributed by atoms with van der Waals surface area (Å²) in [6.07, 6.45) is 5.80. The van der Waals surface area contributed by atoms with Gasteiger partial charge in [0.2, 0.25) is 0 Å². The fourth-order valence-electron chi connectivity index (χ4n) is 3.82. The lowest BCUT2D eigenvalue weighted by Gasteiger charge is -2.25. The third-order valence-electron chi connectivity index (χ3n) is 5.25. The zero-order chi connectivity index (χ0) is 19.5. The lowest BCUT2D eigenvalue weighted by Crippen LogP contribution is -2.49. The zero-order valence-electron chi connectivity index (χ0n) is 15.9. The second kappa shape index (κ2) is 8.51. The molecule has 3 aliphatic rings. The van der Waals surface area contributed by atoms with Crippen LogP contribution in [0.4, 0.5) is 0 Å². The summed E-state index contributed by atoms with van der Waals surface area (Å²) in [5.74, 6) is -0.293.